The Morgan fingerprint density at radius 1 is 0.444 bits per heavy atom. The molecule has 0 amide bonds. The maximum absolute atomic E-state index is 13.5. The average molecular weight is 1800 g/mol. The molecule has 0 aliphatic rings. The van der Waals surface area contributed by atoms with Crippen molar-refractivity contribution in [3.63, 3.8) is 0 Å². The van der Waals surface area contributed by atoms with Crippen LogP contribution < -0.4 is 76.4 Å². The molecule has 50 heteroatoms. The Hall–Kier alpha value is -13.9. The van der Waals surface area contributed by atoms with Gasteiger partial charge in [-0.15, -0.1) is 6.58 Å². The number of non-ortho nitro benzene ring substituents is 1. The lowest BCUT2D eigenvalue weighted by molar-refractivity contribution is -0.384. The van der Waals surface area contributed by atoms with Gasteiger partial charge in [0.25, 0.3) is 17.7 Å². The number of nitrogens with zero attached hydrogens (tertiary/aromatic N) is 17. The van der Waals surface area contributed by atoms with Gasteiger partial charge >= 0.3 is 60.4 Å². The molecule has 0 saturated heterocycles. The van der Waals surface area contributed by atoms with Gasteiger partial charge in [-0.3, -0.25) is 10.1 Å². The highest BCUT2D eigenvalue weighted by Gasteiger charge is 2.56. The lowest BCUT2D eigenvalue weighted by Crippen LogP contribution is -2.47. The molecule has 5 unspecified atom stereocenters. The van der Waals surface area contributed by atoms with Gasteiger partial charge in [-0.1, -0.05) is 79.7 Å². The molecule has 0 bridgehead atoms. The highest BCUT2D eigenvalue weighted by molar-refractivity contribution is 5.59. The smallest absolute Gasteiger partial charge is 0.431 e. The van der Waals surface area contributed by atoms with Crippen LogP contribution in [0.15, 0.2) is 152 Å². The third-order valence-corrected chi connectivity index (χ3v) is 15.9. The van der Waals surface area contributed by atoms with Crippen LogP contribution in [0.3, 0.4) is 0 Å². The fraction of sp³-hybridized carbons (Fsp3) is 0.382. The van der Waals surface area contributed by atoms with E-state index >= 15 is 0 Å². The maximum atomic E-state index is 13.5. The number of anilines is 15. The van der Waals surface area contributed by atoms with Crippen LogP contribution in [0.5, 0.6) is 30.1 Å². The number of alkyl halides is 17. The molecule has 5 atom stereocenters. The van der Waals surface area contributed by atoms with Gasteiger partial charge in [-0.25, -0.2) is 17.6 Å². The predicted octanol–water partition coefficient (Wildman–Crippen LogP) is 17.9. The monoisotopic (exact) mass is 1800 g/mol. The molecule has 126 heavy (non-hydrogen) atoms. The number of halogens is 17. The number of aryl methyl sites for hydroxylation is 1. The fourth-order valence-corrected chi connectivity index (χ4v) is 9.01. The van der Waals surface area contributed by atoms with Crippen molar-refractivity contribution in [2.75, 3.05) is 113 Å². The van der Waals surface area contributed by atoms with Crippen molar-refractivity contribution in [2.45, 2.75) is 123 Å². The van der Waals surface area contributed by atoms with Crippen LogP contribution >= 0.6 is 0 Å². The first kappa shape index (κ1) is 101. The molecule has 5 heterocycles. The Kier molecular flexibility index (Phi) is 37.7. The van der Waals surface area contributed by atoms with Gasteiger partial charge < -0.3 is 76.4 Å². The van der Waals surface area contributed by atoms with E-state index in [2.05, 4.69) is 134 Å². The highest BCUT2D eigenvalue weighted by Crippen LogP contribution is 2.37. The molecule has 0 spiro atoms. The molecule has 5 aromatic carbocycles. The summed E-state index contributed by atoms with van der Waals surface area (Å²) in [5.41, 5.74) is 4.03. The molecule has 9 N–H and O–H groups in total. The summed E-state index contributed by atoms with van der Waals surface area (Å²) < 4.78 is 244. The SMILES string of the molecule is C=CCNc1nc(Nc2cccc(C)c2)nc(OC(C)C(F)(F)F)n1.CCN(CC)c1nc(Nc2ccccc2)nc(OC(C(C)(F)F)C(F)(F)F)n1.CNc1nc(Nc2ccc([N+](=O)[O-])cc2)nc(OCC(F)(F)C(C)F)n1.CNc1nc(Nc2ccccc2)nc(OCC(F)(F)C(C)F)n1.CNc1nc(Nc2ccccc2)nc(OCCC(C)C(F)(F)F)n1. The van der Waals surface area contributed by atoms with E-state index in [1.807, 2.05) is 73.7 Å². The maximum Gasteiger partial charge on any atom is 0.431 e. The minimum Gasteiger partial charge on any atom is -0.463 e. The fourth-order valence-electron chi connectivity index (χ4n) is 9.01. The van der Waals surface area contributed by atoms with Crippen molar-refractivity contribution < 1.29 is 103 Å². The van der Waals surface area contributed by atoms with Crippen LogP contribution in [0.2, 0.25) is 0 Å². The quantitative estimate of drug-likeness (QED) is 0.00755. The lowest BCUT2D eigenvalue weighted by atomic mass is 10.1. The van der Waals surface area contributed by atoms with E-state index < -0.39 is 103 Å². The minimum absolute atomic E-state index is 0.00813. The molecule has 0 fully saturated rings. The van der Waals surface area contributed by atoms with Gasteiger partial charge in [0.2, 0.25) is 59.5 Å². The number of aromatic nitrogens is 15. The Morgan fingerprint density at radius 2 is 0.810 bits per heavy atom. The third-order valence-electron chi connectivity index (χ3n) is 15.9. The molecular formula is C76H87F17N26O7. The molecule has 33 nitrogen and oxygen atoms in total. The number of nitro benzene ring substituents is 1. The van der Waals surface area contributed by atoms with Gasteiger partial charge in [0.15, 0.2) is 31.7 Å². The molecule has 10 rings (SSSR count). The van der Waals surface area contributed by atoms with Crippen molar-refractivity contribution >= 4 is 93.6 Å². The van der Waals surface area contributed by atoms with Gasteiger partial charge in [0.1, 0.15) is 0 Å². The molecule has 0 aliphatic heterocycles. The highest BCUT2D eigenvalue weighted by atomic mass is 19.4. The zero-order valence-corrected chi connectivity index (χ0v) is 68.8. The lowest BCUT2D eigenvalue weighted by Gasteiger charge is -2.26. The molecule has 0 radical (unpaired) electrons. The standard InChI is InChI=1S/C17H20F5N5O.C16H18F3N5O.C15H18F3N5O.C14H15F3N6O3.C14H16F3N5O/c1-4-27(5-2)14-24-13(23-11-9-7-6-8-10-11)25-15(26-14)28-12(16(3,18)19)17(20,21)22;1-4-8-20-13-22-14(21-12-7-5-6-10(2)9-12)24-15(23-13)25-11(3)16(17,18)19;1-10(15(16,17)18)8-9-24-14-22-12(19-2)21-13(23-14)20-11-6-4-3-5-7-11;1-8(15)14(16,17)7-26-13-21-11(18-2)20-12(22-13)19-9-3-5-10(6-4-9)23(24)25;1-9(15)14(16,17)8-23-13-21-11(18-2)20-12(22-13)19-10-6-4-3-5-7-10/h6-10,12H,4-5H2,1-3H3,(H,23,24,25,26);4-7,9,11H,1,8H2,2-3H3,(H2,20,21,22,23,24);3-7,10H,8-9H2,1-2H3,(H2,19,20,21,22,23);3-6,8H,7H2,1-2H3,(H2,18,19,20,21,22);3-7,9H,8H2,1-2H3,(H2,18,19,20,21,22). The van der Waals surface area contributed by atoms with Crippen molar-refractivity contribution in [3.8, 4) is 30.1 Å². The molecule has 5 aromatic heterocycles. The van der Waals surface area contributed by atoms with Crippen LogP contribution in [0.4, 0.5) is 168 Å². The number of hydrogen-bond donors (Lipinski definition) is 9. The van der Waals surface area contributed by atoms with Crippen LogP contribution in [0.25, 0.3) is 0 Å². The summed E-state index contributed by atoms with van der Waals surface area (Å²) in [5.74, 6) is -12.2. The Labute approximate surface area is 709 Å². The predicted molar refractivity (Wildman–Crippen MR) is 435 cm³/mol. The summed E-state index contributed by atoms with van der Waals surface area (Å²) in [6.07, 6.45) is -22.9. The third kappa shape index (κ3) is 34.8. The van der Waals surface area contributed by atoms with Gasteiger partial charge in [0, 0.05) is 88.3 Å². The van der Waals surface area contributed by atoms with E-state index in [1.165, 1.54) is 31.3 Å². The number of para-hydroxylation sites is 3. The summed E-state index contributed by atoms with van der Waals surface area (Å²) in [4.78, 5) is 70.7. The van der Waals surface area contributed by atoms with Crippen molar-refractivity contribution in [1.29, 1.82) is 0 Å². The van der Waals surface area contributed by atoms with Crippen molar-refractivity contribution in [3.05, 3.63) is 168 Å². The van der Waals surface area contributed by atoms with Crippen LogP contribution in [-0.4, -0.2) is 201 Å². The summed E-state index contributed by atoms with van der Waals surface area (Å²) in [6, 6.07) is 37.5. The van der Waals surface area contributed by atoms with E-state index in [0.29, 0.717) is 42.4 Å². The zero-order chi connectivity index (χ0) is 93.2. The van der Waals surface area contributed by atoms with E-state index in [4.69, 9.17) is 18.9 Å². The summed E-state index contributed by atoms with van der Waals surface area (Å²) in [6.45, 7) is 11.3. The van der Waals surface area contributed by atoms with Crippen molar-refractivity contribution in [1.82, 2.24) is 74.8 Å². The number of nitro groups is 1. The summed E-state index contributed by atoms with van der Waals surface area (Å²) >= 11 is 0. The number of rotatable bonds is 37. The first-order valence-electron chi connectivity index (χ1n) is 37.4. The summed E-state index contributed by atoms with van der Waals surface area (Å²) in [5, 5.41) is 35.8. The van der Waals surface area contributed by atoms with Gasteiger partial charge in [0.05, 0.1) is 17.4 Å². The van der Waals surface area contributed by atoms with Crippen LogP contribution in [-0.2, 0) is 0 Å². The second-order valence-corrected chi connectivity index (χ2v) is 26.0. The van der Waals surface area contributed by atoms with E-state index in [1.54, 1.807) is 87.4 Å². The second-order valence-electron chi connectivity index (χ2n) is 26.0. The topological polar surface area (TPSA) is 394 Å². The largest absolute Gasteiger partial charge is 0.463 e. The first-order chi connectivity index (χ1) is 59.3. The Morgan fingerprint density at radius 3 is 1.17 bits per heavy atom. The minimum atomic E-state index is -5.31. The van der Waals surface area contributed by atoms with E-state index in [-0.39, 0.29) is 97.1 Å². The molecule has 0 saturated carbocycles. The molecule has 682 valence electrons. The summed E-state index contributed by atoms with van der Waals surface area (Å²) in [7, 11) is 4.67. The zero-order valence-electron chi connectivity index (χ0n) is 68.8. The van der Waals surface area contributed by atoms with Gasteiger partial charge in [-0.2, -0.15) is 132 Å². The number of nitrogens with one attached hydrogen (secondary N) is 9. The first-order valence-corrected chi connectivity index (χ1v) is 37.4. The van der Waals surface area contributed by atoms with Crippen LogP contribution in [0.1, 0.15) is 60.5 Å². The molecule has 10 aromatic rings. The Balaban J connectivity index is 0.000000244. The van der Waals surface area contributed by atoms with Gasteiger partial charge in [-0.05, 0) is 114 Å². The second kappa shape index (κ2) is 47.1. The molecular weight excluding hydrogens is 1710 g/mol. The average Bonchev–Trinajstić information content (AvgIpc) is 0.799. The molecule has 0 aliphatic carbocycles. The Bertz CT molecular complexity index is 4980. The number of benzene rings is 5. The van der Waals surface area contributed by atoms with E-state index in [0.717, 1.165) is 38.9 Å². The van der Waals surface area contributed by atoms with Crippen molar-refractivity contribution in [2.24, 2.45) is 5.92 Å². The normalized spacial score (nSPS) is 12.6. The van der Waals surface area contributed by atoms with E-state index in [9.17, 15) is 84.8 Å². The van der Waals surface area contributed by atoms with Crippen LogP contribution in [0, 0.1) is 23.0 Å². The number of hydrogen-bond acceptors (Lipinski definition) is 32. The number of ether oxygens (including phenoxy) is 5.